The molecule has 9 rings (SSSR count). The van der Waals surface area contributed by atoms with Gasteiger partial charge in [-0.1, -0.05) is 191 Å². The molecule has 9 aromatic carbocycles. The van der Waals surface area contributed by atoms with E-state index in [0.29, 0.717) is 112 Å². The van der Waals surface area contributed by atoms with Crippen molar-refractivity contribution in [1.29, 1.82) is 0 Å². The molecule has 0 saturated carbocycles. The SMILES string of the molecule is CCc1c(N)cc(Cl)c(CC)c1NC(=O)N(Cc1ccc(OC)cc1)c1ccc(C(C)C)cc1.CCc1c(N)cc(Cl)c(CC)c1NC(=O)N(c1ccc(C(C)C)cc1)[C@@H](C)c1ccc(OC)cc1.CCc1c(N)cc(Cl)c(CC)c1NC(=O)N(c1ccc(C(C)C)cc1)[C@H](C)c1ccc(OC)cc1. The van der Waals surface area contributed by atoms with Crippen LogP contribution in [0.5, 0.6) is 17.2 Å². The number of carbonyl (C=O) groups is 3. The fraction of sp³-hybridized carbons (Fsp3) is 0.337. The first kappa shape index (κ1) is 81.8. The van der Waals surface area contributed by atoms with E-state index in [1.165, 1.54) is 16.7 Å². The monoisotopic (exact) mass is 1470 g/mol. The molecule has 0 aromatic heterocycles. The Bertz CT molecular complexity index is 4050. The minimum Gasteiger partial charge on any atom is -0.497 e. The summed E-state index contributed by atoms with van der Waals surface area (Å²) in [4.78, 5) is 46.9. The third-order valence-electron chi connectivity index (χ3n) is 19.1. The largest absolute Gasteiger partial charge is 0.497 e. The molecule has 0 aliphatic heterocycles. The fourth-order valence-electron chi connectivity index (χ4n) is 12.8. The smallest absolute Gasteiger partial charge is 0.326 e. The van der Waals surface area contributed by atoms with Crippen molar-refractivity contribution in [1.82, 2.24) is 0 Å². The van der Waals surface area contributed by atoms with E-state index in [9.17, 15) is 14.4 Å². The number of nitrogen functional groups attached to an aromatic ring is 3. The molecule has 18 heteroatoms. The van der Waals surface area contributed by atoms with E-state index in [1.54, 1.807) is 54.2 Å². The van der Waals surface area contributed by atoms with E-state index in [0.717, 1.165) is 84.4 Å². The molecule has 0 saturated heterocycles. The molecule has 9 aromatic rings. The lowest BCUT2D eigenvalue weighted by Gasteiger charge is -2.31. The lowest BCUT2D eigenvalue weighted by molar-refractivity contribution is 0.254. The summed E-state index contributed by atoms with van der Waals surface area (Å²) in [5, 5.41) is 11.2. The summed E-state index contributed by atoms with van der Waals surface area (Å²) >= 11 is 19.5. The highest BCUT2D eigenvalue weighted by atomic mass is 35.5. The molecule has 0 bridgehead atoms. The lowest BCUT2D eigenvalue weighted by Crippen LogP contribution is -2.37. The van der Waals surface area contributed by atoms with Crippen molar-refractivity contribution < 1.29 is 28.6 Å². The van der Waals surface area contributed by atoms with Crippen LogP contribution in [0.3, 0.4) is 0 Å². The average molecular weight is 1470 g/mol. The van der Waals surface area contributed by atoms with Crippen LogP contribution in [-0.2, 0) is 45.1 Å². The number of ether oxygens (including phenoxy) is 3. The highest BCUT2D eigenvalue weighted by molar-refractivity contribution is 6.33. The minimum absolute atomic E-state index is 0.237. The van der Waals surface area contributed by atoms with Crippen molar-refractivity contribution in [3.8, 4) is 17.2 Å². The molecule has 552 valence electrons. The first-order chi connectivity index (χ1) is 49.7. The number of hydrogen-bond acceptors (Lipinski definition) is 9. The van der Waals surface area contributed by atoms with Gasteiger partial charge in [-0.15, -0.1) is 0 Å². The number of nitrogens with zero attached hydrogens (tertiary/aromatic N) is 3. The Balaban J connectivity index is 0.000000218. The molecule has 0 unspecified atom stereocenters. The number of amides is 6. The van der Waals surface area contributed by atoms with Gasteiger partial charge in [-0.3, -0.25) is 14.7 Å². The van der Waals surface area contributed by atoms with Gasteiger partial charge in [-0.25, -0.2) is 14.4 Å². The summed E-state index contributed by atoms with van der Waals surface area (Å²) in [5.41, 5.74) is 37.1. The second kappa shape index (κ2) is 38.3. The van der Waals surface area contributed by atoms with Gasteiger partial charge in [0, 0.05) is 49.2 Å². The Labute approximate surface area is 632 Å². The highest BCUT2D eigenvalue weighted by Gasteiger charge is 2.30. The maximum Gasteiger partial charge on any atom is 0.326 e. The zero-order valence-electron chi connectivity index (χ0n) is 63.6. The van der Waals surface area contributed by atoms with Gasteiger partial charge in [0.15, 0.2) is 0 Å². The third-order valence-corrected chi connectivity index (χ3v) is 20.1. The number of nitrogens with two attached hydrogens (primary N) is 3. The molecule has 0 fully saturated rings. The first-order valence-electron chi connectivity index (χ1n) is 36.0. The second-order valence-electron chi connectivity index (χ2n) is 26.6. The van der Waals surface area contributed by atoms with Crippen molar-refractivity contribution >= 4 is 104 Å². The summed E-state index contributed by atoms with van der Waals surface area (Å²) in [7, 11) is 4.92. The van der Waals surface area contributed by atoms with Crippen molar-refractivity contribution in [2.24, 2.45) is 0 Å². The number of halogens is 3. The van der Waals surface area contributed by atoms with Crippen LogP contribution in [0.2, 0.25) is 15.1 Å². The number of anilines is 9. The predicted octanol–water partition coefficient (Wildman–Crippen LogP) is 23.4. The summed E-state index contributed by atoms with van der Waals surface area (Å²) in [6.45, 7) is 29.5. The molecule has 6 amide bonds. The van der Waals surface area contributed by atoms with Crippen LogP contribution in [0.4, 0.5) is 65.6 Å². The van der Waals surface area contributed by atoms with Gasteiger partial charge in [0.2, 0.25) is 0 Å². The van der Waals surface area contributed by atoms with Crippen LogP contribution < -0.4 is 62.1 Å². The van der Waals surface area contributed by atoms with Gasteiger partial charge in [-0.2, -0.15) is 0 Å². The van der Waals surface area contributed by atoms with E-state index < -0.39 is 0 Å². The van der Waals surface area contributed by atoms with Crippen LogP contribution in [-0.4, -0.2) is 39.4 Å². The first-order valence-corrected chi connectivity index (χ1v) is 37.1. The van der Waals surface area contributed by atoms with Crippen molar-refractivity contribution in [2.45, 2.75) is 172 Å². The molecule has 0 radical (unpaired) electrons. The predicted molar refractivity (Wildman–Crippen MR) is 439 cm³/mol. The molecular weight excluding hydrogens is 1360 g/mol. The molecule has 0 aliphatic rings. The van der Waals surface area contributed by atoms with Gasteiger partial charge in [0.1, 0.15) is 17.2 Å². The number of rotatable bonds is 24. The van der Waals surface area contributed by atoms with Gasteiger partial charge < -0.3 is 47.4 Å². The van der Waals surface area contributed by atoms with Crippen molar-refractivity contribution in [3.05, 3.63) is 246 Å². The van der Waals surface area contributed by atoms with Crippen LogP contribution in [0.15, 0.2) is 164 Å². The molecule has 0 aliphatic carbocycles. The molecular formula is C86H106Cl3N9O6. The normalized spacial score (nSPS) is 11.6. The molecule has 0 spiro atoms. The van der Waals surface area contributed by atoms with Gasteiger partial charge in [-0.05, 0) is 228 Å². The van der Waals surface area contributed by atoms with E-state index in [4.69, 9.17) is 66.2 Å². The van der Waals surface area contributed by atoms with E-state index in [1.807, 2.05) is 165 Å². The molecule has 9 N–H and O–H groups in total. The Morgan fingerprint density at radius 1 is 0.356 bits per heavy atom. The number of urea groups is 3. The average Bonchev–Trinajstić information content (AvgIpc) is 0.819. The quantitative estimate of drug-likeness (QED) is 0.0318. The number of benzene rings is 9. The Kier molecular flexibility index (Phi) is 30.1. The molecule has 2 atom stereocenters. The Morgan fingerprint density at radius 2 is 0.606 bits per heavy atom. The summed E-state index contributed by atoms with van der Waals surface area (Å²) in [6, 6.07) is 51.9. The third kappa shape index (κ3) is 20.0. The van der Waals surface area contributed by atoms with E-state index in [2.05, 4.69) is 93.9 Å². The van der Waals surface area contributed by atoms with E-state index in [-0.39, 0.29) is 30.2 Å². The van der Waals surface area contributed by atoms with E-state index >= 15 is 0 Å². The van der Waals surface area contributed by atoms with Crippen LogP contribution in [0.25, 0.3) is 0 Å². The van der Waals surface area contributed by atoms with Crippen LogP contribution >= 0.6 is 34.8 Å². The van der Waals surface area contributed by atoms with Crippen LogP contribution in [0, 0.1) is 0 Å². The van der Waals surface area contributed by atoms with Crippen molar-refractivity contribution in [2.75, 3.05) is 69.2 Å². The summed E-state index contributed by atoms with van der Waals surface area (Å²) < 4.78 is 15.9. The van der Waals surface area contributed by atoms with Crippen LogP contribution in [0.1, 0.15) is 194 Å². The Hall–Kier alpha value is -9.54. The summed E-state index contributed by atoms with van der Waals surface area (Å²) in [6.07, 6.45) is 4.10. The number of hydrogen-bond donors (Lipinski definition) is 6. The topological polar surface area (TPSA) is 203 Å². The number of carbonyl (C=O) groups excluding carboxylic acids is 3. The second-order valence-corrected chi connectivity index (χ2v) is 27.8. The van der Waals surface area contributed by atoms with Gasteiger partial charge in [0.25, 0.3) is 0 Å². The Morgan fingerprint density at radius 3 is 0.865 bits per heavy atom. The number of methoxy groups -OCH3 is 3. The zero-order valence-corrected chi connectivity index (χ0v) is 65.8. The fourth-order valence-corrected chi connectivity index (χ4v) is 13.8. The van der Waals surface area contributed by atoms with Crippen molar-refractivity contribution in [3.63, 3.8) is 0 Å². The zero-order chi connectivity index (χ0) is 76.2. The standard InChI is InChI=1S/2C29H36ClN3O2.C28H34ClN3O2/c2*1-7-24-26(30)17-27(31)25(8-2)28(24)32-29(34)33(22-13-9-20(10-14-22)18(3)4)19(5)21-11-15-23(35-6)16-12-21;1-6-23-25(29)16-26(30)24(7-2)27(23)31-28(33)32(17-19-8-14-22(34-5)15-9-19)21-12-10-20(11-13-21)18(3)4/h2*9-19H,7-8,31H2,1-6H3,(H,32,34);8-16,18H,6-7,17,30H2,1-5H3,(H,31,33)/t2*19-;/m10./s1. The summed E-state index contributed by atoms with van der Waals surface area (Å²) in [5.74, 6) is 3.53. The lowest BCUT2D eigenvalue weighted by atomic mass is 10.0. The van der Waals surface area contributed by atoms with Gasteiger partial charge >= 0.3 is 18.1 Å². The maximum atomic E-state index is 13.9. The maximum absolute atomic E-state index is 13.9. The van der Waals surface area contributed by atoms with Gasteiger partial charge in [0.05, 0.1) is 57.0 Å². The molecule has 104 heavy (non-hydrogen) atoms. The molecule has 0 heterocycles. The highest BCUT2D eigenvalue weighted by Crippen LogP contribution is 2.40. The minimum atomic E-state index is -0.239. The number of nitrogens with one attached hydrogen (secondary N) is 3. The molecule has 15 nitrogen and oxygen atoms in total.